The van der Waals surface area contributed by atoms with E-state index in [-0.39, 0.29) is 5.91 Å². The number of unbranched alkanes of at least 4 members (excludes halogenated alkanes) is 1. The number of carbonyl (C=O) groups is 2. The molecule has 7 heteroatoms. The van der Waals surface area contributed by atoms with E-state index in [4.69, 9.17) is 5.11 Å². The van der Waals surface area contributed by atoms with Crippen LogP contribution in [-0.2, 0) is 11.3 Å². The van der Waals surface area contributed by atoms with Crippen molar-refractivity contribution in [1.29, 1.82) is 0 Å². The summed E-state index contributed by atoms with van der Waals surface area (Å²) in [4.78, 5) is 32.1. The van der Waals surface area contributed by atoms with E-state index in [9.17, 15) is 9.59 Å². The molecule has 0 atom stereocenters. The van der Waals surface area contributed by atoms with Gasteiger partial charge in [-0.3, -0.25) is 14.7 Å². The van der Waals surface area contributed by atoms with Crippen LogP contribution in [0.15, 0.2) is 79.1 Å². The van der Waals surface area contributed by atoms with Gasteiger partial charge in [-0.25, -0.2) is 4.79 Å². The van der Waals surface area contributed by atoms with Gasteiger partial charge in [-0.1, -0.05) is 42.5 Å². The van der Waals surface area contributed by atoms with Crippen LogP contribution in [-0.4, -0.2) is 71.0 Å². The van der Waals surface area contributed by atoms with Gasteiger partial charge in [-0.05, 0) is 65.9 Å². The van der Waals surface area contributed by atoms with Crippen molar-refractivity contribution in [1.82, 2.24) is 20.1 Å². The number of benzene rings is 2. The van der Waals surface area contributed by atoms with Crippen LogP contribution in [0.4, 0.5) is 0 Å². The summed E-state index contributed by atoms with van der Waals surface area (Å²) in [6, 6.07) is 19.2. The molecule has 0 saturated carbocycles. The molecule has 192 valence electrons. The normalized spacial score (nSPS) is 14.6. The van der Waals surface area contributed by atoms with Gasteiger partial charge in [-0.15, -0.1) is 0 Å². The number of hydrogen-bond donors (Lipinski definition) is 2. The number of rotatable bonds is 11. The van der Waals surface area contributed by atoms with E-state index in [0.29, 0.717) is 12.1 Å². The van der Waals surface area contributed by atoms with E-state index in [2.05, 4.69) is 38.3 Å². The summed E-state index contributed by atoms with van der Waals surface area (Å²) in [5.74, 6) is -0.980. The number of hydrogen-bond acceptors (Lipinski definition) is 5. The monoisotopic (exact) mass is 498 g/mol. The van der Waals surface area contributed by atoms with Crippen LogP contribution in [0.2, 0.25) is 0 Å². The van der Waals surface area contributed by atoms with Crippen LogP contribution in [0.5, 0.6) is 0 Å². The average Bonchev–Trinajstić information content (AvgIpc) is 2.93. The van der Waals surface area contributed by atoms with Gasteiger partial charge in [0.05, 0.1) is 5.56 Å². The number of carboxylic acid groups (broad SMARTS) is 1. The second-order valence-corrected chi connectivity index (χ2v) is 9.28. The van der Waals surface area contributed by atoms with E-state index in [1.807, 2.05) is 30.3 Å². The topological polar surface area (TPSA) is 85.8 Å². The first-order valence-corrected chi connectivity index (χ1v) is 12.8. The average molecular weight is 499 g/mol. The van der Waals surface area contributed by atoms with Gasteiger partial charge >= 0.3 is 5.97 Å². The SMILES string of the molecule is O=C(C=Cc1cccnc1)NCCCCN1CCN(Cc2ccccc2-c2ccc(C(=O)O)cc2)CC1. The summed E-state index contributed by atoms with van der Waals surface area (Å²) in [7, 11) is 0. The Bertz CT molecular complexity index is 1190. The maximum atomic E-state index is 12.0. The maximum absolute atomic E-state index is 12.0. The molecule has 1 aliphatic heterocycles. The van der Waals surface area contributed by atoms with Gasteiger partial charge < -0.3 is 15.3 Å². The smallest absolute Gasteiger partial charge is 0.335 e. The molecule has 2 heterocycles. The molecule has 1 amide bonds. The molecule has 37 heavy (non-hydrogen) atoms. The minimum absolute atomic E-state index is 0.0735. The molecule has 0 unspecified atom stereocenters. The first-order valence-electron chi connectivity index (χ1n) is 12.8. The van der Waals surface area contributed by atoms with E-state index < -0.39 is 5.97 Å². The first-order chi connectivity index (χ1) is 18.1. The number of nitrogens with zero attached hydrogens (tertiary/aromatic N) is 3. The Kier molecular flexibility index (Phi) is 9.57. The number of amides is 1. The van der Waals surface area contributed by atoms with E-state index in [1.165, 1.54) is 5.56 Å². The Morgan fingerprint density at radius 2 is 1.68 bits per heavy atom. The van der Waals surface area contributed by atoms with Crippen LogP contribution in [0, 0.1) is 0 Å². The van der Waals surface area contributed by atoms with Crippen LogP contribution >= 0.6 is 0 Å². The molecule has 0 aliphatic carbocycles. The number of pyridine rings is 1. The zero-order chi connectivity index (χ0) is 25.9. The van der Waals surface area contributed by atoms with Crippen molar-refractivity contribution in [2.45, 2.75) is 19.4 Å². The van der Waals surface area contributed by atoms with Gasteiger partial charge in [0.2, 0.25) is 5.91 Å². The lowest BCUT2D eigenvalue weighted by molar-refractivity contribution is -0.116. The number of aromatic nitrogens is 1. The molecule has 1 fully saturated rings. The number of aromatic carboxylic acids is 1. The maximum Gasteiger partial charge on any atom is 0.335 e. The van der Waals surface area contributed by atoms with E-state index in [1.54, 1.807) is 36.7 Å². The number of carbonyl (C=O) groups excluding carboxylic acids is 1. The molecular weight excluding hydrogens is 464 g/mol. The molecular formula is C30H34N4O3. The van der Waals surface area contributed by atoms with E-state index in [0.717, 1.165) is 68.8 Å². The third-order valence-corrected chi connectivity index (χ3v) is 6.63. The second kappa shape index (κ2) is 13.5. The zero-order valence-electron chi connectivity index (χ0n) is 21.1. The molecule has 0 radical (unpaired) electrons. The Morgan fingerprint density at radius 1 is 0.919 bits per heavy atom. The molecule has 2 aromatic carbocycles. The van der Waals surface area contributed by atoms with Crippen molar-refractivity contribution in [3.8, 4) is 11.1 Å². The predicted molar refractivity (Wildman–Crippen MR) is 146 cm³/mol. The van der Waals surface area contributed by atoms with Crippen molar-refractivity contribution in [2.24, 2.45) is 0 Å². The molecule has 0 bridgehead atoms. The summed E-state index contributed by atoms with van der Waals surface area (Å²) in [5, 5.41) is 12.1. The number of piperazine rings is 1. The summed E-state index contributed by atoms with van der Waals surface area (Å²) < 4.78 is 0. The van der Waals surface area contributed by atoms with Crippen molar-refractivity contribution in [3.63, 3.8) is 0 Å². The Labute approximate surface area is 218 Å². The highest BCUT2D eigenvalue weighted by Crippen LogP contribution is 2.25. The van der Waals surface area contributed by atoms with Crippen LogP contribution in [0.25, 0.3) is 17.2 Å². The summed E-state index contributed by atoms with van der Waals surface area (Å²) >= 11 is 0. The van der Waals surface area contributed by atoms with Crippen molar-refractivity contribution < 1.29 is 14.7 Å². The first kappa shape index (κ1) is 26.3. The van der Waals surface area contributed by atoms with Crippen LogP contribution in [0.1, 0.15) is 34.3 Å². The third-order valence-electron chi connectivity index (χ3n) is 6.63. The lowest BCUT2D eigenvalue weighted by Crippen LogP contribution is -2.46. The zero-order valence-corrected chi connectivity index (χ0v) is 21.1. The minimum atomic E-state index is -0.906. The molecule has 0 spiro atoms. The fourth-order valence-corrected chi connectivity index (χ4v) is 4.52. The van der Waals surface area contributed by atoms with Crippen LogP contribution < -0.4 is 5.32 Å². The van der Waals surface area contributed by atoms with Crippen molar-refractivity contribution in [3.05, 3.63) is 95.8 Å². The second-order valence-electron chi connectivity index (χ2n) is 9.28. The van der Waals surface area contributed by atoms with Gasteiger partial charge in [-0.2, -0.15) is 0 Å². The Morgan fingerprint density at radius 3 is 2.41 bits per heavy atom. The number of nitrogens with one attached hydrogen (secondary N) is 1. The molecule has 1 saturated heterocycles. The van der Waals surface area contributed by atoms with Crippen molar-refractivity contribution in [2.75, 3.05) is 39.3 Å². The van der Waals surface area contributed by atoms with Crippen LogP contribution in [0.3, 0.4) is 0 Å². The quantitative estimate of drug-likeness (QED) is 0.305. The van der Waals surface area contributed by atoms with Crippen molar-refractivity contribution >= 4 is 18.0 Å². The lowest BCUT2D eigenvalue weighted by Gasteiger charge is -2.35. The molecule has 4 rings (SSSR count). The standard InChI is InChI=1S/C30H34N4O3/c35-29(14-9-24-6-5-15-31-22-24)32-16-3-4-17-33-18-20-34(21-19-33)23-27-7-1-2-8-28(27)25-10-12-26(13-11-25)30(36)37/h1-2,5-15,22H,3-4,16-21,23H2,(H,32,35)(H,36,37). The summed E-state index contributed by atoms with van der Waals surface area (Å²) in [5.41, 5.74) is 4.66. The van der Waals surface area contributed by atoms with Gasteiger partial charge in [0.15, 0.2) is 0 Å². The third kappa shape index (κ3) is 8.10. The van der Waals surface area contributed by atoms with Gasteiger partial charge in [0, 0.05) is 57.7 Å². The lowest BCUT2D eigenvalue weighted by atomic mass is 9.98. The van der Waals surface area contributed by atoms with E-state index >= 15 is 0 Å². The molecule has 7 nitrogen and oxygen atoms in total. The Hall–Kier alpha value is -3.81. The summed E-state index contributed by atoms with van der Waals surface area (Å²) in [6.45, 7) is 6.71. The van der Waals surface area contributed by atoms with Gasteiger partial charge in [0.1, 0.15) is 0 Å². The number of carboxylic acids is 1. The Balaban J connectivity index is 1.16. The van der Waals surface area contributed by atoms with Gasteiger partial charge in [0.25, 0.3) is 0 Å². The highest BCUT2D eigenvalue weighted by atomic mass is 16.4. The predicted octanol–water partition coefficient (Wildman–Crippen LogP) is 4.17. The largest absolute Gasteiger partial charge is 0.478 e. The minimum Gasteiger partial charge on any atom is -0.478 e. The summed E-state index contributed by atoms with van der Waals surface area (Å²) in [6.07, 6.45) is 8.78. The molecule has 1 aromatic heterocycles. The highest BCUT2D eigenvalue weighted by molar-refractivity contribution is 5.91. The highest BCUT2D eigenvalue weighted by Gasteiger charge is 2.18. The molecule has 1 aliphatic rings. The molecule has 3 aromatic rings. The fraction of sp³-hybridized carbons (Fsp3) is 0.300. The fourth-order valence-electron chi connectivity index (χ4n) is 4.52. The molecule has 2 N–H and O–H groups in total.